The minimum Gasteiger partial charge on any atom is -0.504 e. The van der Waals surface area contributed by atoms with Crippen molar-refractivity contribution >= 4 is 0 Å². The highest BCUT2D eigenvalue weighted by molar-refractivity contribution is 5.48. The number of hydrogen-bond donors (Lipinski definition) is 2. The summed E-state index contributed by atoms with van der Waals surface area (Å²) in [6.45, 7) is 3.74. The molecule has 1 aliphatic carbocycles. The molecule has 0 radical (unpaired) electrons. The summed E-state index contributed by atoms with van der Waals surface area (Å²) in [5.74, 6) is 0.478. The van der Waals surface area contributed by atoms with Gasteiger partial charge in [-0.3, -0.25) is 4.90 Å². The summed E-state index contributed by atoms with van der Waals surface area (Å²) in [7, 11) is 1.45. The zero-order valence-electron chi connectivity index (χ0n) is 11.7. The fourth-order valence-electron chi connectivity index (χ4n) is 3.10. The van der Waals surface area contributed by atoms with Gasteiger partial charge in [-0.1, -0.05) is 0 Å². The number of methoxy groups -OCH3 is 1. The van der Waals surface area contributed by atoms with Gasteiger partial charge in [-0.15, -0.1) is 0 Å². The summed E-state index contributed by atoms with van der Waals surface area (Å²) in [5.41, 5.74) is 0.672. The van der Waals surface area contributed by atoms with Crippen molar-refractivity contribution in [1.29, 1.82) is 0 Å². The molecule has 0 amide bonds. The van der Waals surface area contributed by atoms with Crippen molar-refractivity contribution in [2.24, 2.45) is 5.92 Å². The second kappa shape index (κ2) is 5.58. The molecule has 110 valence electrons. The maximum atomic E-state index is 13.8. The lowest BCUT2D eigenvalue weighted by atomic mass is 9.98. The van der Waals surface area contributed by atoms with Crippen LogP contribution in [0.1, 0.15) is 24.4 Å². The number of aromatic hydroxyl groups is 1. The van der Waals surface area contributed by atoms with E-state index in [1.54, 1.807) is 0 Å². The lowest BCUT2D eigenvalue weighted by Crippen LogP contribution is -2.45. The first-order valence-corrected chi connectivity index (χ1v) is 7.22. The van der Waals surface area contributed by atoms with Gasteiger partial charge in [0.1, 0.15) is 5.82 Å². The first-order valence-electron chi connectivity index (χ1n) is 7.22. The first-order chi connectivity index (χ1) is 9.70. The van der Waals surface area contributed by atoms with E-state index in [1.165, 1.54) is 19.2 Å². The van der Waals surface area contributed by atoms with Crippen LogP contribution in [0.2, 0.25) is 0 Å². The molecule has 0 bridgehead atoms. The number of benzene rings is 1. The van der Waals surface area contributed by atoms with E-state index in [4.69, 9.17) is 4.74 Å². The molecule has 2 N–H and O–H groups in total. The first kappa shape index (κ1) is 13.6. The van der Waals surface area contributed by atoms with Gasteiger partial charge in [0.25, 0.3) is 0 Å². The number of halogens is 1. The van der Waals surface area contributed by atoms with Crippen LogP contribution in [-0.4, -0.2) is 43.3 Å². The Labute approximate surface area is 118 Å². The fraction of sp³-hybridized carbons (Fsp3) is 0.600. The molecule has 2 aliphatic rings. The number of nitrogens with one attached hydrogen (secondary N) is 1. The number of phenolic OH excluding ortho intramolecular Hbond substituents is 1. The van der Waals surface area contributed by atoms with Crippen LogP contribution in [0.25, 0.3) is 0 Å². The van der Waals surface area contributed by atoms with Gasteiger partial charge in [0, 0.05) is 43.9 Å². The number of phenols is 1. The van der Waals surface area contributed by atoms with E-state index in [0.29, 0.717) is 11.5 Å². The van der Waals surface area contributed by atoms with E-state index >= 15 is 0 Å². The summed E-state index contributed by atoms with van der Waals surface area (Å²) >= 11 is 0. The van der Waals surface area contributed by atoms with E-state index < -0.39 is 0 Å². The molecule has 4 nitrogen and oxygen atoms in total. The van der Waals surface area contributed by atoms with Gasteiger partial charge in [-0.05, 0) is 24.8 Å². The highest BCUT2D eigenvalue weighted by atomic mass is 19.1. The van der Waals surface area contributed by atoms with Crippen LogP contribution >= 0.6 is 0 Å². The molecule has 20 heavy (non-hydrogen) atoms. The standard InChI is InChI=1S/C15H21FN2O2/c1-20-13-9-11(16)8-12(15(13)19)14(10-2-3-10)18-6-4-17-5-7-18/h8-10,14,17,19H,2-7H2,1H3/t14-/m1/s1. The predicted octanol–water partition coefficient (Wildman–Crippen LogP) is 1.90. The Kier molecular flexibility index (Phi) is 3.81. The van der Waals surface area contributed by atoms with E-state index in [9.17, 15) is 9.50 Å². The van der Waals surface area contributed by atoms with Gasteiger partial charge in [0.05, 0.1) is 7.11 Å². The molecule has 5 heteroatoms. The van der Waals surface area contributed by atoms with Crippen molar-refractivity contribution < 1.29 is 14.2 Å². The largest absolute Gasteiger partial charge is 0.504 e. The van der Waals surface area contributed by atoms with Crippen molar-refractivity contribution in [1.82, 2.24) is 10.2 Å². The Bertz CT molecular complexity index is 485. The molecule has 0 spiro atoms. The summed E-state index contributed by atoms with van der Waals surface area (Å²) < 4.78 is 18.9. The number of rotatable bonds is 4. The van der Waals surface area contributed by atoms with Gasteiger partial charge in [-0.25, -0.2) is 4.39 Å². The van der Waals surface area contributed by atoms with Gasteiger partial charge < -0.3 is 15.2 Å². The van der Waals surface area contributed by atoms with Gasteiger partial charge in [0.2, 0.25) is 0 Å². The average Bonchev–Trinajstić information content (AvgIpc) is 3.28. The molecular weight excluding hydrogens is 259 g/mol. The van der Waals surface area contributed by atoms with Crippen LogP contribution in [0.5, 0.6) is 11.5 Å². The Balaban J connectivity index is 1.96. The second-order valence-electron chi connectivity index (χ2n) is 5.61. The Morgan fingerprint density at radius 3 is 2.65 bits per heavy atom. The maximum absolute atomic E-state index is 13.8. The van der Waals surface area contributed by atoms with Crippen molar-refractivity contribution in [2.45, 2.75) is 18.9 Å². The van der Waals surface area contributed by atoms with Crippen LogP contribution in [0.3, 0.4) is 0 Å². The molecule has 1 aromatic rings. The van der Waals surface area contributed by atoms with Crippen LogP contribution in [-0.2, 0) is 0 Å². The van der Waals surface area contributed by atoms with Crippen LogP contribution in [0.4, 0.5) is 4.39 Å². The fourth-order valence-corrected chi connectivity index (χ4v) is 3.10. The lowest BCUT2D eigenvalue weighted by molar-refractivity contribution is 0.153. The molecule has 1 heterocycles. The molecule has 1 aromatic carbocycles. The van der Waals surface area contributed by atoms with E-state index in [2.05, 4.69) is 10.2 Å². The lowest BCUT2D eigenvalue weighted by Gasteiger charge is -2.35. The normalized spacial score (nSPS) is 21.7. The molecule has 2 fully saturated rings. The summed E-state index contributed by atoms with van der Waals surface area (Å²) in [4.78, 5) is 2.35. The van der Waals surface area contributed by atoms with Crippen molar-refractivity contribution in [3.05, 3.63) is 23.5 Å². The molecule has 3 rings (SSSR count). The van der Waals surface area contributed by atoms with Crippen LogP contribution in [0.15, 0.2) is 12.1 Å². The third-order valence-corrected chi connectivity index (χ3v) is 4.22. The number of ether oxygens (including phenoxy) is 1. The Morgan fingerprint density at radius 1 is 1.35 bits per heavy atom. The molecule has 1 atom stereocenters. The number of hydrogen-bond acceptors (Lipinski definition) is 4. The highest BCUT2D eigenvalue weighted by Crippen LogP contribution is 2.48. The minimum absolute atomic E-state index is 0.0873. The summed E-state index contributed by atoms with van der Waals surface area (Å²) in [6.07, 6.45) is 2.29. The predicted molar refractivity (Wildman–Crippen MR) is 74.5 cm³/mol. The molecule has 0 aromatic heterocycles. The zero-order chi connectivity index (χ0) is 14.1. The van der Waals surface area contributed by atoms with Crippen molar-refractivity contribution in [2.75, 3.05) is 33.3 Å². The molecule has 1 aliphatic heterocycles. The smallest absolute Gasteiger partial charge is 0.163 e. The average molecular weight is 280 g/mol. The minimum atomic E-state index is -0.351. The van der Waals surface area contributed by atoms with Crippen molar-refractivity contribution in [3.8, 4) is 11.5 Å². The van der Waals surface area contributed by atoms with Gasteiger partial charge >= 0.3 is 0 Å². The third kappa shape index (κ3) is 2.60. The Hall–Kier alpha value is -1.33. The van der Waals surface area contributed by atoms with Gasteiger partial charge in [0.15, 0.2) is 11.5 Å². The second-order valence-corrected chi connectivity index (χ2v) is 5.61. The van der Waals surface area contributed by atoms with E-state index in [0.717, 1.165) is 39.0 Å². The molecule has 1 saturated carbocycles. The highest BCUT2D eigenvalue weighted by Gasteiger charge is 2.38. The molecule has 0 unspecified atom stereocenters. The van der Waals surface area contributed by atoms with E-state index in [-0.39, 0.29) is 23.4 Å². The number of nitrogens with zero attached hydrogens (tertiary/aromatic N) is 1. The molecule has 1 saturated heterocycles. The monoisotopic (exact) mass is 280 g/mol. The summed E-state index contributed by atoms with van der Waals surface area (Å²) in [6, 6.07) is 2.80. The topological polar surface area (TPSA) is 44.7 Å². The SMILES string of the molecule is COc1cc(F)cc([C@@H](C2CC2)N2CCNCC2)c1O. The van der Waals surface area contributed by atoms with Gasteiger partial charge in [-0.2, -0.15) is 0 Å². The van der Waals surface area contributed by atoms with E-state index in [1.807, 2.05) is 0 Å². The third-order valence-electron chi connectivity index (χ3n) is 4.22. The molecular formula is C15H21FN2O2. The quantitative estimate of drug-likeness (QED) is 0.884. The summed E-state index contributed by atoms with van der Waals surface area (Å²) in [5, 5.41) is 13.7. The Morgan fingerprint density at radius 2 is 2.05 bits per heavy atom. The van der Waals surface area contributed by atoms with Crippen LogP contribution in [0, 0.1) is 11.7 Å². The van der Waals surface area contributed by atoms with Crippen molar-refractivity contribution in [3.63, 3.8) is 0 Å². The maximum Gasteiger partial charge on any atom is 0.163 e. The zero-order valence-corrected chi connectivity index (χ0v) is 11.7. The van der Waals surface area contributed by atoms with Crippen LogP contribution < -0.4 is 10.1 Å². The number of piperazine rings is 1.